The van der Waals surface area contributed by atoms with Gasteiger partial charge in [0, 0.05) is 18.5 Å². The Morgan fingerprint density at radius 1 is 1.25 bits per heavy atom. The van der Waals surface area contributed by atoms with Gasteiger partial charge in [-0.15, -0.1) is 0 Å². The second kappa shape index (κ2) is 5.96. The first kappa shape index (κ1) is 15.8. The van der Waals surface area contributed by atoms with E-state index in [1.807, 2.05) is 30.0 Å². The second-order valence-corrected chi connectivity index (χ2v) is 7.46. The van der Waals surface area contributed by atoms with E-state index in [-0.39, 0.29) is 24.7 Å². The fraction of sp³-hybridized carbons (Fsp3) is 0.632. The number of amides is 1. The highest BCUT2D eigenvalue weighted by atomic mass is 16.7. The van der Waals surface area contributed by atoms with Gasteiger partial charge in [0.05, 0.1) is 11.2 Å². The van der Waals surface area contributed by atoms with E-state index in [0.29, 0.717) is 17.1 Å². The summed E-state index contributed by atoms with van der Waals surface area (Å²) in [5, 5.41) is 10.8. The molecule has 1 aliphatic carbocycles. The Bertz CT molecular complexity index is 642. The van der Waals surface area contributed by atoms with Gasteiger partial charge in [0.1, 0.15) is 0 Å². The molecular formula is C19H25NO4. The lowest BCUT2D eigenvalue weighted by Gasteiger charge is -2.43. The Kier molecular flexibility index (Phi) is 3.91. The van der Waals surface area contributed by atoms with E-state index in [0.717, 1.165) is 45.1 Å². The summed E-state index contributed by atoms with van der Waals surface area (Å²) in [6, 6.07) is 5.59. The Hall–Kier alpha value is -1.75. The fourth-order valence-corrected chi connectivity index (χ4v) is 4.67. The predicted molar refractivity (Wildman–Crippen MR) is 89.2 cm³/mol. The van der Waals surface area contributed by atoms with Gasteiger partial charge in [0.25, 0.3) is 5.91 Å². The number of carbonyl (C=O) groups excluding carboxylic acids is 1. The molecule has 2 heterocycles. The highest BCUT2D eigenvalue weighted by Crippen LogP contribution is 2.42. The summed E-state index contributed by atoms with van der Waals surface area (Å²) in [7, 11) is 0. The molecule has 130 valence electrons. The summed E-state index contributed by atoms with van der Waals surface area (Å²) in [5.41, 5.74) is -0.100. The zero-order valence-corrected chi connectivity index (χ0v) is 14.2. The second-order valence-electron chi connectivity index (χ2n) is 7.46. The number of fused-ring (bicyclic) bond motifs is 1. The normalized spacial score (nSPS) is 32.2. The lowest BCUT2D eigenvalue weighted by atomic mass is 9.72. The number of carbonyl (C=O) groups is 1. The minimum Gasteiger partial charge on any atom is -0.454 e. The molecule has 3 aliphatic rings. The first-order chi connectivity index (χ1) is 11.6. The van der Waals surface area contributed by atoms with E-state index >= 15 is 0 Å². The summed E-state index contributed by atoms with van der Waals surface area (Å²) in [4.78, 5) is 15.1. The SMILES string of the molecule is C[C@]1(O)CCCC[C@@H]1[C@@H]1CCCN1C(=O)c1cccc2c1OCO2. The standard InChI is InChI=1S/C19H25NO4/c1-19(22)10-3-2-7-14(19)15-8-5-11-20(15)18(21)13-6-4-9-16-17(13)24-12-23-16/h4,6,9,14-15,22H,2-3,5,7-8,10-12H2,1H3/t14-,15+,19+/m1/s1. The summed E-state index contributed by atoms with van der Waals surface area (Å²) in [6.45, 7) is 2.86. The van der Waals surface area contributed by atoms with Crippen LogP contribution >= 0.6 is 0 Å². The Balaban J connectivity index is 1.61. The molecule has 1 saturated carbocycles. The topological polar surface area (TPSA) is 59.0 Å². The third-order valence-electron chi connectivity index (χ3n) is 5.90. The van der Waals surface area contributed by atoms with E-state index in [9.17, 15) is 9.90 Å². The molecule has 0 aromatic heterocycles. The van der Waals surface area contributed by atoms with Crippen LogP contribution in [0.25, 0.3) is 0 Å². The van der Waals surface area contributed by atoms with Crippen molar-refractivity contribution in [2.75, 3.05) is 13.3 Å². The maximum absolute atomic E-state index is 13.2. The summed E-state index contributed by atoms with van der Waals surface area (Å²) >= 11 is 0. The highest BCUT2D eigenvalue weighted by molar-refractivity contribution is 5.98. The fourth-order valence-electron chi connectivity index (χ4n) is 4.67. The number of hydrogen-bond donors (Lipinski definition) is 1. The zero-order valence-electron chi connectivity index (χ0n) is 14.2. The first-order valence-electron chi connectivity index (χ1n) is 9.00. The van der Waals surface area contributed by atoms with Gasteiger partial charge in [0.2, 0.25) is 6.79 Å². The van der Waals surface area contributed by atoms with Gasteiger partial charge in [-0.2, -0.15) is 0 Å². The molecule has 1 saturated heterocycles. The molecule has 4 rings (SSSR count). The number of rotatable bonds is 2. The molecule has 5 nitrogen and oxygen atoms in total. The largest absolute Gasteiger partial charge is 0.454 e. The molecule has 1 aromatic rings. The van der Waals surface area contributed by atoms with Gasteiger partial charge >= 0.3 is 0 Å². The van der Waals surface area contributed by atoms with Crippen LogP contribution in [0.5, 0.6) is 11.5 Å². The van der Waals surface area contributed by atoms with E-state index in [1.54, 1.807) is 0 Å². The van der Waals surface area contributed by atoms with Crippen LogP contribution in [0, 0.1) is 5.92 Å². The van der Waals surface area contributed by atoms with Crippen LogP contribution < -0.4 is 9.47 Å². The molecule has 5 heteroatoms. The molecule has 2 aliphatic heterocycles. The van der Waals surface area contributed by atoms with Crippen molar-refractivity contribution in [2.24, 2.45) is 5.92 Å². The van der Waals surface area contributed by atoms with E-state index in [4.69, 9.17) is 9.47 Å². The van der Waals surface area contributed by atoms with Crippen molar-refractivity contribution < 1.29 is 19.4 Å². The average molecular weight is 331 g/mol. The minimum atomic E-state index is -0.677. The van der Waals surface area contributed by atoms with E-state index in [1.165, 1.54) is 0 Å². The van der Waals surface area contributed by atoms with Crippen LogP contribution in [0.4, 0.5) is 0 Å². The van der Waals surface area contributed by atoms with Crippen LogP contribution in [0.1, 0.15) is 55.8 Å². The zero-order chi connectivity index (χ0) is 16.7. The van der Waals surface area contributed by atoms with E-state index < -0.39 is 5.60 Å². The molecule has 0 unspecified atom stereocenters. The predicted octanol–water partition coefficient (Wildman–Crippen LogP) is 2.96. The van der Waals surface area contributed by atoms with Gasteiger partial charge in [0.15, 0.2) is 11.5 Å². The van der Waals surface area contributed by atoms with Crippen molar-refractivity contribution in [3.8, 4) is 11.5 Å². The first-order valence-corrected chi connectivity index (χ1v) is 9.00. The molecule has 0 bridgehead atoms. The number of nitrogens with zero attached hydrogens (tertiary/aromatic N) is 1. The van der Waals surface area contributed by atoms with Crippen molar-refractivity contribution in [1.82, 2.24) is 4.90 Å². The Morgan fingerprint density at radius 3 is 2.96 bits per heavy atom. The summed E-state index contributed by atoms with van der Waals surface area (Å²) in [6.07, 6.45) is 5.99. The number of benzene rings is 1. The maximum atomic E-state index is 13.2. The number of para-hydroxylation sites is 1. The van der Waals surface area contributed by atoms with Gasteiger partial charge in [-0.1, -0.05) is 18.9 Å². The number of ether oxygens (including phenoxy) is 2. The van der Waals surface area contributed by atoms with Crippen molar-refractivity contribution in [2.45, 2.75) is 57.1 Å². The highest BCUT2D eigenvalue weighted by Gasteiger charge is 2.45. The van der Waals surface area contributed by atoms with Crippen LogP contribution in [-0.4, -0.2) is 40.9 Å². The van der Waals surface area contributed by atoms with Gasteiger partial charge < -0.3 is 19.5 Å². The van der Waals surface area contributed by atoms with Crippen molar-refractivity contribution in [1.29, 1.82) is 0 Å². The summed E-state index contributed by atoms with van der Waals surface area (Å²) in [5.74, 6) is 1.36. The third kappa shape index (κ3) is 2.55. The quantitative estimate of drug-likeness (QED) is 0.905. The van der Waals surface area contributed by atoms with E-state index in [2.05, 4.69) is 0 Å². The van der Waals surface area contributed by atoms with Gasteiger partial charge in [-0.05, 0) is 44.7 Å². The summed E-state index contributed by atoms with van der Waals surface area (Å²) < 4.78 is 10.9. The number of likely N-dealkylation sites (tertiary alicyclic amines) is 1. The molecule has 2 fully saturated rings. The lowest BCUT2D eigenvalue weighted by molar-refractivity contribution is -0.0578. The third-order valence-corrected chi connectivity index (χ3v) is 5.90. The number of hydrogen-bond acceptors (Lipinski definition) is 4. The minimum absolute atomic E-state index is 0.00113. The number of aliphatic hydroxyl groups is 1. The van der Waals surface area contributed by atoms with Crippen LogP contribution in [0.3, 0.4) is 0 Å². The van der Waals surface area contributed by atoms with Crippen molar-refractivity contribution >= 4 is 5.91 Å². The Morgan fingerprint density at radius 2 is 2.12 bits per heavy atom. The lowest BCUT2D eigenvalue weighted by Crippen LogP contribution is -2.50. The molecule has 24 heavy (non-hydrogen) atoms. The molecule has 3 atom stereocenters. The van der Waals surface area contributed by atoms with Crippen molar-refractivity contribution in [3.05, 3.63) is 23.8 Å². The smallest absolute Gasteiger partial charge is 0.258 e. The monoisotopic (exact) mass is 331 g/mol. The van der Waals surface area contributed by atoms with Crippen LogP contribution in [0.15, 0.2) is 18.2 Å². The maximum Gasteiger partial charge on any atom is 0.258 e. The molecule has 1 aromatic carbocycles. The van der Waals surface area contributed by atoms with Crippen LogP contribution in [0.2, 0.25) is 0 Å². The van der Waals surface area contributed by atoms with Gasteiger partial charge in [-0.25, -0.2) is 0 Å². The molecule has 0 spiro atoms. The van der Waals surface area contributed by atoms with Crippen LogP contribution in [-0.2, 0) is 0 Å². The molecule has 1 N–H and O–H groups in total. The molecular weight excluding hydrogens is 306 g/mol. The molecule has 0 radical (unpaired) electrons. The van der Waals surface area contributed by atoms with Crippen molar-refractivity contribution in [3.63, 3.8) is 0 Å². The molecule has 1 amide bonds. The average Bonchev–Trinajstić information content (AvgIpc) is 3.22. The van der Waals surface area contributed by atoms with Gasteiger partial charge in [-0.3, -0.25) is 4.79 Å². The Labute approximate surface area is 142 Å².